The summed E-state index contributed by atoms with van der Waals surface area (Å²) in [6.07, 6.45) is 4.67. The van der Waals surface area contributed by atoms with Gasteiger partial charge in [0.1, 0.15) is 5.75 Å². The minimum Gasteiger partial charge on any atom is -0.506 e. The fraction of sp³-hybridized carbons (Fsp3) is 0.455. The van der Waals surface area contributed by atoms with E-state index in [1.165, 1.54) is 24.8 Å². The number of phenols is 1. The molecule has 0 heterocycles. The van der Waals surface area contributed by atoms with Crippen LogP contribution >= 0.6 is 0 Å². The zero-order valence-corrected chi connectivity index (χ0v) is 8.09. The van der Waals surface area contributed by atoms with Crippen LogP contribution in [0.5, 0.6) is 5.75 Å². The molecule has 13 heavy (non-hydrogen) atoms. The van der Waals surface area contributed by atoms with E-state index in [1.807, 2.05) is 6.07 Å². The molecule has 1 aromatic rings. The smallest absolute Gasteiger partial charge is 0.138 e. The Morgan fingerprint density at radius 1 is 1.31 bits per heavy atom. The first-order valence-corrected chi connectivity index (χ1v) is 4.81. The molecular formula is C11H17NO. The molecule has 0 aliphatic carbocycles. The van der Waals surface area contributed by atoms with Crippen LogP contribution in [0.1, 0.15) is 31.7 Å². The van der Waals surface area contributed by atoms with Gasteiger partial charge < -0.3 is 10.8 Å². The van der Waals surface area contributed by atoms with Crippen molar-refractivity contribution in [2.24, 2.45) is 0 Å². The van der Waals surface area contributed by atoms with Crippen molar-refractivity contribution in [2.45, 2.75) is 32.6 Å². The molecule has 2 nitrogen and oxygen atoms in total. The summed E-state index contributed by atoms with van der Waals surface area (Å²) in [5.74, 6) is 0.203. The Morgan fingerprint density at radius 2 is 2.08 bits per heavy atom. The highest BCUT2D eigenvalue weighted by molar-refractivity contribution is 5.52. The maximum Gasteiger partial charge on any atom is 0.138 e. The van der Waals surface area contributed by atoms with E-state index in [2.05, 4.69) is 6.92 Å². The lowest BCUT2D eigenvalue weighted by Crippen LogP contribution is -1.89. The number of phenolic OH excluding ortho intramolecular Hbond substituents is 1. The van der Waals surface area contributed by atoms with Gasteiger partial charge in [-0.3, -0.25) is 0 Å². The van der Waals surface area contributed by atoms with Gasteiger partial charge in [0.05, 0.1) is 5.69 Å². The molecular weight excluding hydrogens is 162 g/mol. The Morgan fingerprint density at radius 3 is 2.69 bits per heavy atom. The van der Waals surface area contributed by atoms with E-state index < -0.39 is 0 Å². The second kappa shape index (κ2) is 4.75. The number of aryl methyl sites for hydroxylation is 1. The molecule has 72 valence electrons. The minimum atomic E-state index is 0.203. The molecule has 0 atom stereocenters. The largest absolute Gasteiger partial charge is 0.506 e. The maximum absolute atomic E-state index is 9.33. The quantitative estimate of drug-likeness (QED) is 0.424. The van der Waals surface area contributed by atoms with Crippen molar-refractivity contribution in [3.63, 3.8) is 0 Å². The Kier molecular flexibility index (Phi) is 3.62. The predicted octanol–water partition coefficient (Wildman–Crippen LogP) is 2.71. The number of unbranched alkanes of at least 4 members (excludes halogenated alkanes) is 2. The number of anilines is 1. The highest BCUT2D eigenvalue weighted by atomic mass is 16.3. The lowest BCUT2D eigenvalue weighted by atomic mass is 10.1. The van der Waals surface area contributed by atoms with Crippen LogP contribution < -0.4 is 5.73 Å². The van der Waals surface area contributed by atoms with Crippen LogP contribution in [-0.2, 0) is 6.42 Å². The van der Waals surface area contributed by atoms with Crippen molar-refractivity contribution in [2.75, 3.05) is 5.73 Å². The van der Waals surface area contributed by atoms with E-state index in [0.717, 1.165) is 6.42 Å². The zero-order valence-electron chi connectivity index (χ0n) is 8.09. The number of rotatable bonds is 4. The number of nitrogen functional groups attached to an aromatic ring is 1. The molecule has 1 rings (SSSR count). The minimum absolute atomic E-state index is 0.203. The van der Waals surface area contributed by atoms with Gasteiger partial charge in [0, 0.05) is 0 Å². The van der Waals surface area contributed by atoms with Gasteiger partial charge >= 0.3 is 0 Å². The number of nitrogens with two attached hydrogens (primary N) is 1. The lowest BCUT2D eigenvalue weighted by Gasteiger charge is -2.03. The van der Waals surface area contributed by atoms with Crippen LogP contribution in [0.3, 0.4) is 0 Å². The van der Waals surface area contributed by atoms with Crippen LogP contribution in [0.4, 0.5) is 5.69 Å². The summed E-state index contributed by atoms with van der Waals surface area (Å²) in [5.41, 5.74) is 7.12. The Hall–Kier alpha value is -1.18. The second-order valence-corrected chi connectivity index (χ2v) is 3.35. The van der Waals surface area contributed by atoms with Gasteiger partial charge in [0.25, 0.3) is 0 Å². The molecule has 0 radical (unpaired) electrons. The van der Waals surface area contributed by atoms with E-state index in [1.54, 1.807) is 12.1 Å². The highest BCUT2D eigenvalue weighted by Crippen LogP contribution is 2.21. The van der Waals surface area contributed by atoms with Gasteiger partial charge in [0.2, 0.25) is 0 Å². The van der Waals surface area contributed by atoms with Gasteiger partial charge in [0.15, 0.2) is 0 Å². The monoisotopic (exact) mass is 179 g/mol. The fourth-order valence-electron chi connectivity index (χ4n) is 1.32. The molecule has 0 saturated heterocycles. The van der Waals surface area contributed by atoms with E-state index in [0.29, 0.717) is 5.69 Å². The van der Waals surface area contributed by atoms with Crippen LogP contribution in [0, 0.1) is 0 Å². The number of hydrogen-bond donors (Lipinski definition) is 2. The first-order valence-electron chi connectivity index (χ1n) is 4.81. The third kappa shape index (κ3) is 2.98. The van der Waals surface area contributed by atoms with Gasteiger partial charge in [-0.2, -0.15) is 0 Å². The average Bonchev–Trinajstić information content (AvgIpc) is 2.12. The molecule has 0 unspecified atom stereocenters. The summed E-state index contributed by atoms with van der Waals surface area (Å²) >= 11 is 0. The van der Waals surface area contributed by atoms with E-state index >= 15 is 0 Å². The van der Waals surface area contributed by atoms with Crippen LogP contribution in [0.25, 0.3) is 0 Å². The van der Waals surface area contributed by atoms with Crippen molar-refractivity contribution < 1.29 is 5.11 Å². The van der Waals surface area contributed by atoms with Crippen molar-refractivity contribution in [1.82, 2.24) is 0 Å². The third-order valence-electron chi connectivity index (χ3n) is 2.16. The average molecular weight is 179 g/mol. The maximum atomic E-state index is 9.33. The summed E-state index contributed by atoms with van der Waals surface area (Å²) in [6.45, 7) is 2.18. The molecule has 2 heteroatoms. The van der Waals surface area contributed by atoms with Gasteiger partial charge in [-0.25, -0.2) is 0 Å². The molecule has 0 fully saturated rings. The lowest BCUT2D eigenvalue weighted by molar-refractivity contribution is 0.477. The van der Waals surface area contributed by atoms with Gasteiger partial charge in [-0.15, -0.1) is 0 Å². The van der Waals surface area contributed by atoms with Crippen LogP contribution in [-0.4, -0.2) is 5.11 Å². The number of benzene rings is 1. The van der Waals surface area contributed by atoms with Crippen molar-refractivity contribution in [3.8, 4) is 5.75 Å². The molecule has 3 N–H and O–H groups in total. The van der Waals surface area contributed by atoms with E-state index in [-0.39, 0.29) is 5.75 Å². The second-order valence-electron chi connectivity index (χ2n) is 3.35. The summed E-state index contributed by atoms with van der Waals surface area (Å²) in [4.78, 5) is 0. The summed E-state index contributed by atoms with van der Waals surface area (Å²) < 4.78 is 0. The van der Waals surface area contributed by atoms with Gasteiger partial charge in [-0.1, -0.05) is 25.8 Å². The van der Waals surface area contributed by atoms with Crippen molar-refractivity contribution >= 4 is 5.69 Å². The van der Waals surface area contributed by atoms with Crippen molar-refractivity contribution in [1.29, 1.82) is 0 Å². The predicted molar refractivity (Wildman–Crippen MR) is 55.7 cm³/mol. The first kappa shape index (κ1) is 9.90. The fourth-order valence-corrected chi connectivity index (χ4v) is 1.32. The zero-order chi connectivity index (χ0) is 9.68. The number of aromatic hydroxyl groups is 1. The Labute approximate surface area is 79.4 Å². The summed E-state index contributed by atoms with van der Waals surface area (Å²) in [7, 11) is 0. The van der Waals surface area contributed by atoms with Gasteiger partial charge in [-0.05, 0) is 30.5 Å². The molecule has 0 saturated carbocycles. The first-order chi connectivity index (χ1) is 6.24. The Bertz CT molecular complexity index is 271. The Balaban J connectivity index is 2.53. The SMILES string of the molecule is CCCCCc1ccc(N)c(O)c1. The standard InChI is InChI=1S/C11H17NO/c1-2-3-4-5-9-6-7-10(12)11(13)8-9/h6-8,13H,2-5,12H2,1H3. The van der Waals surface area contributed by atoms with Crippen LogP contribution in [0.15, 0.2) is 18.2 Å². The summed E-state index contributed by atoms with van der Waals surface area (Å²) in [6, 6.07) is 5.49. The summed E-state index contributed by atoms with van der Waals surface area (Å²) in [5, 5.41) is 9.33. The molecule has 0 aliphatic rings. The van der Waals surface area contributed by atoms with Crippen molar-refractivity contribution in [3.05, 3.63) is 23.8 Å². The topological polar surface area (TPSA) is 46.2 Å². The van der Waals surface area contributed by atoms with E-state index in [9.17, 15) is 5.11 Å². The molecule has 0 bridgehead atoms. The van der Waals surface area contributed by atoms with E-state index in [4.69, 9.17) is 5.73 Å². The molecule has 0 aromatic heterocycles. The normalized spacial score (nSPS) is 10.2. The third-order valence-corrected chi connectivity index (χ3v) is 2.16. The highest BCUT2D eigenvalue weighted by Gasteiger charge is 1.98. The number of hydrogen-bond acceptors (Lipinski definition) is 2. The van der Waals surface area contributed by atoms with Crippen LogP contribution in [0.2, 0.25) is 0 Å². The molecule has 0 aliphatic heterocycles. The molecule has 1 aromatic carbocycles. The molecule has 0 amide bonds. The molecule has 0 spiro atoms.